The van der Waals surface area contributed by atoms with Crippen molar-refractivity contribution in [2.24, 2.45) is 17.3 Å². The average Bonchev–Trinajstić information content (AvgIpc) is 2.97. The molecule has 0 aliphatic carbocycles. The van der Waals surface area contributed by atoms with Gasteiger partial charge in [-0.15, -0.1) is 0 Å². The zero-order valence-corrected chi connectivity index (χ0v) is 31.0. The number of nitrogens with zero attached hydrogens (tertiary/aromatic N) is 2. The quantitative estimate of drug-likeness (QED) is 0.137. The Hall–Kier alpha value is -4.23. The Balaban J connectivity index is 1.92. The monoisotopic (exact) mass is 711 g/mol. The third kappa shape index (κ3) is 7.88. The minimum atomic E-state index is -4.75. The van der Waals surface area contributed by atoms with Gasteiger partial charge in [-0.1, -0.05) is 95.3 Å². The molecule has 50 heavy (non-hydrogen) atoms. The van der Waals surface area contributed by atoms with Gasteiger partial charge in [0, 0.05) is 5.92 Å². The molecule has 0 aliphatic rings. The van der Waals surface area contributed by atoms with Crippen molar-refractivity contribution >= 4 is 25.9 Å². The van der Waals surface area contributed by atoms with Gasteiger partial charge in [-0.25, -0.2) is 4.79 Å². The smallest absolute Gasteiger partial charge is 0.394 e. The van der Waals surface area contributed by atoms with Crippen LogP contribution in [-0.2, 0) is 27.7 Å². The van der Waals surface area contributed by atoms with E-state index in [1.54, 1.807) is 71.1 Å². The van der Waals surface area contributed by atoms with E-state index in [2.05, 4.69) is 10.3 Å². The van der Waals surface area contributed by atoms with Crippen molar-refractivity contribution in [2.75, 3.05) is 0 Å². The molecule has 2 heterocycles. The van der Waals surface area contributed by atoms with E-state index < -0.39 is 73.0 Å². The Morgan fingerprint density at radius 2 is 1.46 bits per heavy atom. The summed E-state index contributed by atoms with van der Waals surface area (Å²) in [5.41, 5.74) is -5.67. The number of aromatic amines is 1. The summed E-state index contributed by atoms with van der Waals surface area (Å²) in [4.78, 5) is 58.4. The summed E-state index contributed by atoms with van der Waals surface area (Å²) in [6, 6.07) is 19.3. The van der Waals surface area contributed by atoms with E-state index in [1.165, 1.54) is 26.8 Å². The van der Waals surface area contributed by atoms with Crippen molar-refractivity contribution in [1.82, 2.24) is 19.4 Å². The summed E-state index contributed by atoms with van der Waals surface area (Å²) >= 11 is 0. The number of pyridine rings is 1. The van der Waals surface area contributed by atoms with Gasteiger partial charge in [0.25, 0.3) is 11.1 Å². The Kier molecular flexibility index (Phi) is 10.9. The van der Waals surface area contributed by atoms with Crippen molar-refractivity contribution in [3.05, 3.63) is 103 Å². The number of carbonyl (C=O) groups is 1. The lowest BCUT2D eigenvalue weighted by molar-refractivity contribution is -0.265. The number of aromatic nitrogens is 3. The molecule has 2 unspecified atom stereocenters. The van der Waals surface area contributed by atoms with Crippen LogP contribution in [0.3, 0.4) is 0 Å². The summed E-state index contributed by atoms with van der Waals surface area (Å²) in [6.45, 7) is 13.6. The molecule has 1 amide bonds. The molecule has 13 heteroatoms. The minimum absolute atomic E-state index is 0.0693. The fraction of sp³-hybridized carbons (Fsp3) is 0.459. The molecule has 9 nitrogen and oxygen atoms in total. The van der Waals surface area contributed by atoms with Gasteiger partial charge in [-0.2, -0.15) is 13.2 Å². The summed E-state index contributed by atoms with van der Waals surface area (Å²) in [6.07, 6.45) is -4.41. The Morgan fingerprint density at radius 3 is 1.96 bits per heavy atom. The van der Waals surface area contributed by atoms with Crippen LogP contribution in [0.5, 0.6) is 0 Å². The van der Waals surface area contributed by atoms with E-state index in [0.717, 1.165) is 14.7 Å². The summed E-state index contributed by atoms with van der Waals surface area (Å²) in [5.74, 6) is -3.84. The van der Waals surface area contributed by atoms with Crippen LogP contribution < -0.4 is 22.1 Å². The maximum absolute atomic E-state index is 14.9. The van der Waals surface area contributed by atoms with Crippen molar-refractivity contribution in [1.29, 1.82) is 0 Å². The van der Waals surface area contributed by atoms with Crippen LogP contribution >= 0.6 is 0 Å². The molecule has 0 spiro atoms. The number of alkyl halides is 3. The van der Waals surface area contributed by atoms with Crippen LogP contribution in [0.25, 0.3) is 22.2 Å². The van der Waals surface area contributed by atoms with E-state index in [0.29, 0.717) is 12.0 Å². The van der Waals surface area contributed by atoms with Crippen LogP contribution in [0.2, 0.25) is 13.1 Å². The summed E-state index contributed by atoms with van der Waals surface area (Å²) in [5, 5.41) is 2.53. The molecule has 4 aromatic rings. The second kappa shape index (κ2) is 14.2. The van der Waals surface area contributed by atoms with Crippen molar-refractivity contribution < 1.29 is 22.4 Å². The number of rotatable bonds is 11. The zero-order valence-electron chi connectivity index (χ0n) is 30.0. The number of halogens is 3. The highest BCUT2D eigenvalue weighted by atomic mass is 28.3. The van der Waals surface area contributed by atoms with Gasteiger partial charge in [-0.05, 0) is 56.0 Å². The molecule has 269 valence electrons. The van der Waals surface area contributed by atoms with E-state index in [4.69, 9.17) is 4.43 Å². The standard InChI is InChI=1S/C37H46F3N4O5Si/c1-23(2)36(49-50(8)9,32(34(3,4)5)37(38,39)40)42-28(45)22-43-27(25-18-14-11-15-19-25)20-26-29(31(43)47)41-33(48)44(30(26)46)35(6,7)21-24-16-12-10-13-17-24/h10-20,23,32H,21-22H2,1-9H3,(H,41,48)(H,42,45). The summed E-state index contributed by atoms with van der Waals surface area (Å²) in [7, 11) is -1.81. The lowest BCUT2D eigenvalue weighted by Gasteiger charge is -2.50. The number of nitrogens with one attached hydrogen (secondary N) is 2. The van der Waals surface area contributed by atoms with Crippen LogP contribution in [-0.4, -0.2) is 41.0 Å². The topological polar surface area (TPSA) is 115 Å². The predicted octanol–water partition coefficient (Wildman–Crippen LogP) is 6.46. The molecule has 0 bridgehead atoms. The molecular formula is C37H46F3N4O5Si. The van der Waals surface area contributed by atoms with Gasteiger partial charge in [0.2, 0.25) is 14.9 Å². The van der Waals surface area contributed by atoms with Crippen molar-refractivity contribution in [2.45, 2.75) is 92.0 Å². The number of carbonyl (C=O) groups excluding carboxylic acids is 1. The molecule has 0 aliphatic heterocycles. The molecule has 2 N–H and O–H groups in total. The Bertz CT molecular complexity index is 2000. The van der Waals surface area contributed by atoms with Crippen LogP contribution in [0.1, 0.15) is 54.0 Å². The highest BCUT2D eigenvalue weighted by Gasteiger charge is 2.61. The van der Waals surface area contributed by atoms with Crippen LogP contribution in [0.15, 0.2) is 81.1 Å². The van der Waals surface area contributed by atoms with E-state index >= 15 is 0 Å². The number of benzene rings is 2. The fourth-order valence-corrected chi connectivity index (χ4v) is 7.99. The second-order valence-electron chi connectivity index (χ2n) is 15.0. The maximum Gasteiger partial charge on any atom is 0.396 e. The number of amides is 1. The van der Waals surface area contributed by atoms with E-state index in [9.17, 15) is 32.3 Å². The lowest BCUT2D eigenvalue weighted by atomic mass is 9.70. The minimum Gasteiger partial charge on any atom is -0.394 e. The van der Waals surface area contributed by atoms with Gasteiger partial charge in [0.1, 0.15) is 23.7 Å². The molecule has 0 saturated carbocycles. The Morgan fingerprint density at radius 1 is 0.900 bits per heavy atom. The second-order valence-corrected chi connectivity index (χ2v) is 17.0. The maximum atomic E-state index is 14.9. The highest BCUT2D eigenvalue weighted by molar-refractivity contribution is 6.48. The molecule has 0 saturated heterocycles. The fourth-order valence-electron chi connectivity index (χ4n) is 6.91. The number of hydrogen-bond acceptors (Lipinski definition) is 5. The SMILES string of the molecule is CC(C)C(NC(=O)Cn1c(-c2ccccc2)cc2c(=O)n(C(C)(C)Cc3ccccc3)c(=O)[nH]c2c1=O)(O[Si](C)C)C(C(C)(C)C)C(F)(F)F. The third-order valence-electron chi connectivity index (χ3n) is 8.81. The number of fused-ring (bicyclic) bond motifs is 1. The number of H-pyrrole nitrogens is 1. The van der Waals surface area contributed by atoms with Gasteiger partial charge in [0.05, 0.1) is 16.6 Å². The Labute approximate surface area is 291 Å². The highest BCUT2D eigenvalue weighted by Crippen LogP contribution is 2.49. The first-order valence-corrected chi connectivity index (χ1v) is 18.9. The molecule has 2 aromatic heterocycles. The normalized spacial score (nSPS) is 14.6. The lowest BCUT2D eigenvalue weighted by Crippen LogP contribution is -2.67. The third-order valence-corrected chi connectivity index (χ3v) is 9.56. The first-order valence-electron chi connectivity index (χ1n) is 16.5. The molecule has 1 radical (unpaired) electrons. The molecular weight excluding hydrogens is 666 g/mol. The first kappa shape index (κ1) is 38.6. The molecule has 2 aromatic carbocycles. The van der Waals surface area contributed by atoms with Gasteiger partial charge < -0.3 is 14.7 Å². The average molecular weight is 712 g/mol. The van der Waals surface area contributed by atoms with E-state index in [-0.39, 0.29) is 16.6 Å². The first-order chi connectivity index (χ1) is 23.1. The molecule has 2 atom stereocenters. The van der Waals surface area contributed by atoms with Crippen LogP contribution in [0.4, 0.5) is 13.2 Å². The van der Waals surface area contributed by atoms with E-state index in [1.807, 2.05) is 30.3 Å². The molecule has 0 fully saturated rings. The van der Waals surface area contributed by atoms with Crippen molar-refractivity contribution in [3.8, 4) is 11.3 Å². The molecule has 4 rings (SSSR count). The van der Waals surface area contributed by atoms with Crippen LogP contribution in [0, 0.1) is 17.3 Å². The predicted molar refractivity (Wildman–Crippen MR) is 191 cm³/mol. The van der Waals surface area contributed by atoms with Gasteiger partial charge in [-0.3, -0.25) is 23.5 Å². The van der Waals surface area contributed by atoms with Gasteiger partial charge >= 0.3 is 11.9 Å². The number of hydrogen-bond donors (Lipinski definition) is 2. The summed E-state index contributed by atoms with van der Waals surface area (Å²) < 4.78 is 53.0. The van der Waals surface area contributed by atoms with Crippen molar-refractivity contribution in [3.63, 3.8) is 0 Å². The zero-order chi connectivity index (χ0) is 37.4. The largest absolute Gasteiger partial charge is 0.396 e. The van der Waals surface area contributed by atoms with Gasteiger partial charge in [0.15, 0.2) is 0 Å².